The number of fused-ring (bicyclic) bond motifs is 1. The summed E-state index contributed by atoms with van der Waals surface area (Å²) in [5, 5.41) is 12.9. The van der Waals surface area contributed by atoms with Gasteiger partial charge < -0.3 is 9.84 Å². The lowest BCUT2D eigenvalue weighted by Crippen LogP contribution is -2.09. The van der Waals surface area contributed by atoms with Crippen molar-refractivity contribution in [2.24, 2.45) is 0 Å². The van der Waals surface area contributed by atoms with Crippen molar-refractivity contribution in [3.05, 3.63) is 17.5 Å². The van der Waals surface area contributed by atoms with E-state index in [4.69, 9.17) is 9.84 Å². The van der Waals surface area contributed by atoms with Gasteiger partial charge in [0.1, 0.15) is 0 Å². The van der Waals surface area contributed by atoms with Gasteiger partial charge in [0.25, 0.3) is 5.78 Å². The Bertz CT molecular complexity index is 549. The van der Waals surface area contributed by atoms with Gasteiger partial charge in [0.05, 0.1) is 7.11 Å². The number of carboxylic acid groups (broad SMARTS) is 1. The Kier molecular flexibility index (Phi) is 2.43. The molecule has 16 heavy (non-hydrogen) atoms. The maximum atomic E-state index is 11.0. The second-order valence-corrected chi connectivity index (χ2v) is 3.10. The summed E-state index contributed by atoms with van der Waals surface area (Å²) in [5.74, 6) is -0.844. The van der Waals surface area contributed by atoms with Gasteiger partial charge in [-0.2, -0.15) is 9.50 Å². The SMILES string of the molecule is CCc1cc(C(=O)O)n2nc(OC)nc2n1. The fourth-order valence-electron chi connectivity index (χ4n) is 1.32. The normalized spacial score (nSPS) is 10.6. The highest BCUT2D eigenvalue weighted by Gasteiger charge is 2.15. The van der Waals surface area contributed by atoms with Crippen LogP contribution in [0, 0.1) is 0 Å². The van der Waals surface area contributed by atoms with E-state index in [1.165, 1.54) is 13.2 Å². The molecular weight excluding hydrogens is 212 g/mol. The fourth-order valence-corrected chi connectivity index (χ4v) is 1.32. The lowest BCUT2D eigenvalue weighted by molar-refractivity contribution is 0.0687. The van der Waals surface area contributed by atoms with Gasteiger partial charge in [0.2, 0.25) is 0 Å². The van der Waals surface area contributed by atoms with Gasteiger partial charge in [0.15, 0.2) is 5.69 Å². The third-order valence-corrected chi connectivity index (χ3v) is 2.11. The molecule has 2 heterocycles. The minimum Gasteiger partial charge on any atom is -0.477 e. The molecule has 2 aromatic heterocycles. The number of aromatic nitrogens is 4. The number of hydrogen-bond donors (Lipinski definition) is 1. The average molecular weight is 222 g/mol. The van der Waals surface area contributed by atoms with Gasteiger partial charge in [-0.3, -0.25) is 0 Å². The lowest BCUT2D eigenvalue weighted by Gasteiger charge is -2.00. The van der Waals surface area contributed by atoms with Crippen molar-refractivity contribution in [2.45, 2.75) is 13.3 Å². The van der Waals surface area contributed by atoms with Crippen LogP contribution in [0.2, 0.25) is 0 Å². The second-order valence-electron chi connectivity index (χ2n) is 3.10. The molecule has 1 N–H and O–H groups in total. The van der Waals surface area contributed by atoms with E-state index in [2.05, 4.69) is 15.1 Å². The summed E-state index contributed by atoms with van der Waals surface area (Å²) in [6.45, 7) is 1.89. The second kappa shape index (κ2) is 3.76. The van der Waals surface area contributed by atoms with Gasteiger partial charge in [-0.1, -0.05) is 6.92 Å². The average Bonchev–Trinajstić information content (AvgIpc) is 2.69. The molecule has 7 nitrogen and oxygen atoms in total. The van der Waals surface area contributed by atoms with E-state index in [1.807, 2.05) is 6.92 Å². The van der Waals surface area contributed by atoms with E-state index in [0.717, 1.165) is 4.52 Å². The first kappa shape index (κ1) is 10.3. The summed E-state index contributed by atoms with van der Waals surface area (Å²) in [7, 11) is 1.41. The number of carboxylic acids is 1. The predicted octanol–water partition coefficient (Wildman–Crippen LogP) is 0.393. The van der Waals surface area contributed by atoms with Gasteiger partial charge in [-0.15, -0.1) is 5.10 Å². The zero-order valence-corrected chi connectivity index (χ0v) is 8.84. The molecule has 0 amide bonds. The molecule has 0 aliphatic rings. The first-order valence-corrected chi connectivity index (χ1v) is 4.69. The number of nitrogens with zero attached hydrogens (tertiary/aromatic N) is 4. The maximum absolute atomic E-state index is 11.0. The van der Waals surface area contributed by atoms with Crippen molar-refractivity contribution in [3.63, 3.8) is 0 Å². The molecule has 0 aliphatic carbocycles. The molecule has 7 heteroatoms. The highest BCUT2D eigenvalue weighted by atomic mass is 16.5. The van der Waals surface area contributed by atoms with Crippen molar-refractivity contribution in [3.8, 4) is 6.01 Å². The Balaban J connectivity index is 2.74. The lowest BCUT2D eigenvalue weighted by atomic mass is 10.3. The molecule has 0 unspecified atom stereocenters. The van der Waals surface area contributed by atoms with Crippen molar-refractivity contribution < 1.29 is 14.6 Å². The fraction of sp³-hybridized carbons (Fsp3) is 0.333. The predicted molar refractivity (Wildman–Crippen MR) is 53.7 cm³/mol. The molecule has 2 rings (SSSR count). The van der Waals surface area contributed by atoms with Crippen LogP contribution in [-0.4, -0.2) is 37.8 Å². The standard InChI is InChI=1S/C9H10N4O3/c1-3-5-4-6(7(14)15)13-8(10-5)11-9(12-13)16-2/h4H,3H2,1-2H3,(H,14,15). The van der Waals surface area contributed by atoms with Crippen LogP contribution in [0.15, 0.2) is 6.07 Å². The Morgan fingerprint density at radius 2 is 2.31 bits per heavy atom. The van der Waals surface area contributed by atoms with Gasteiger partial charge >= 0.3 is 12.0 Å². The maximum Gasteiger partial charge on any atom is 0.354 e. The minimum absolute atomic E-state index is 0.0256. The molecule has 0 aliphatic heterocycles. The number of hydrogen-bond acceptors (Lipinski definition) is 5. The zero-order valence-electron chi connectivity index (χ0n) is 8.84. The number of ether oxygens (including phenoxy) is 1. The first-order valence-electron chi connectivity index (χ1n) is 4.69. The summed E-state index contributed by atoms with van der Waals surface area (Å²) in [4.78, 5) is 19.1. The molecule has 0 atom stereocenters. The number of rotatable bonds is 3. The Labute approximate surface area is 90.7 Å². The molecular formula is C9H10N4O3. The number of carbonyl (C=O) groups is 1. The first-order chi connectivity index (χ1) is 7.65. The van der Waals surface area contributed by atoms with Crippen LogP contribution in [-0.2, 0) is 6.42 Å². The molecule has 0 saturated heterocycles. The van der Waals surface area contributed by atoms with Gasteiger partial charge in [-0.05, 0) is 12.5 Å². The van der Waals surface area contributed by atoms with Crippen LogP contribution in [0.25, 0.3) is 5.78 Å². The molecule has 2 aromatic rings. The topological polar surface area (TPSA) is 89.6 Å². The summed E-state index contributed by atoms with van der Waals surface area (Å²) in [6, 6.07) is 1.58. The Morgan fingerprint density at radius 1 is 1.56 bits per heavy atom. The van der Waals surface area contributed by atoms with Crippen molar-refractivity contribution in [1.82, 2.24) is 19.6 Å². The summed E-state index contributed by atoms with van der Waals surface area (Å²) < 4.78 is 5.98. The van der Waals surface area contributed by atoms with Crippen molar-refractivity contribution in [2.75, 3.05) is 7.11 Å². The molecule has 0 saturated carbocycles. The summed E-state index contributed by atoms with van der Waals surface area (Å²) in [5.41, 5.74) is 0.678. The summed E-state index contributed by atoms with van der Waals surface area (Å²) >= 11 is 0. The Hall–Kier alpha value is -2.18. The van der Waals surface area contributed by atoms with Gasteiger partial charge in [0, 0.05) is 5.69 Å². The molecule has 0 spiro atoms. The molecule has 84 valence electrons. The molecule has 0 fully saturated rings. The van der Waals surface area contributed by atoms with Crippen LogP contribution in [0.5, 0.6) is 6.01 Å². The van der Waals surface area contributed by atoms with Crippen LogP contribution >= 0.6 is 0 Å². The van der Waals surface area contributed by atoms with E-state index < -0.39 is 5.97 Å². The third kappa shape index (κ3) is 1.56. The van der Waals surface area contributed by atoms with E-state index in [0.29, 0.717) is 12.1 Å². The smallest absolute Gasteiger partial charge is 0.354 e. The van der Waals surface area contributed by atoms with Crippen LogP contribution in [0.3, 0.4) is 0 Å². The number of aromatic carboxylic acids is 1. The number of aryl methyl sites for hydroxylation is 1. The monoisotopic (exact) mass is 222 g/mol. The van der Waals surface area contributed by atoms with E-state index in [9.17, 15) is 4.79 Å². The van der Waals surface area contributed by atoms with Crippen LogP contribution in [0.4, 0.5) is 0 Å². The quantitative estimate of drug-likeness (QED) is 0.808. The Morgan fingerprint density at radius 3 is 2.88 bits per heavy atom. The van der Waals surface area contributed by atoms with Crippen LogP contribution in [0.1, 0.15) is 23.1 Å². The third-order valence-electron chi connectivity index (χ3n) is 2.11. The number of methoxy groups -OCH3 is 1. The van der Waals surface area contributed by atoms with E-state index in [-0.39, 0.29) is 17.5 Å². The van der Waals surface area contributed by atoms with E-state index >= 15 is 0 Å². The minimum atomic E-state index is -1.07. The van der Waals surface area contributed by atoms with Crippen LogP contribution < -0.4 is 4.74 Å². The van der Waals surface area contributed by atoms with E-state index in [1.54, 1.807) is 0 Å². The highest BCUT2D eigenvalue weighted by Crippen LogP contribution is 2.10. The molecule has 0 radical (unpaired) electrons. The highest BCUT2D eigenvalue weighted by molar-refractivity contribution is 5.86. The molecule has 0 bridgehead atoms. The zero-order chi connectivity index (χ0) is 11.7. The molecule has 0 aromatic carbocycles. The van der Waals surface area contributed by atoms with Gasteiger partial charge in [-0.25, -0.2) is 9.78 Å². The largest absolute Gasteiger partial charge is 0.477 e. The summed E-state index contributed by atoms with van der Waals surface area (Å²) in [6.07, 6.45) is 0.631. The van der Waals surface area contributed by atoms with Crippen molar-refractivity contribution in [1.29, 1.82) is 0 Å². The van der Waals surface area contributed by atoms with Crippen molar-refractivity contribution >= 4 is 11.7 Å².